The summed E-state index contributed by atoms with van der Waals surface area (Å²) in [5, 5.41) is 3.17. The van der Waals surface area contributed by atoms with Crippen LogP contribution in [0.3, 0.4) is 0 Å². The first-order chi connectivity index (χ1) is 10.1. The molecule has 1 aliphatic rings. The molecule has 0 spiro atoms. The van der Waals surface area contributed by atoms with Crippen molar-refractivity contribution in [1.82, 2.24) is 5.32 Å². The monoisotopic (exact) mass is 305 g/mol. The van der Waals surface area contributed by atoms with Crippen LogP contribution in [-0.4, -0.2) is 12.5 Å². The Morgan fingerprint density at radius 3 is 2.95 bits per heavy atom. The predicted molar refractivity (Wildman–Crippen MR) is 78.2 cm³/mol. The zero-order valence-corrected chi connectivity index (χ0v) is 11.9. The molecule has 1 amide bonds. The molecule has 1 unspecified atom stereocenters. The molecule has 1 atom stereocenters. The lowest BCUT2D eigenvalue weighted by Gasteiger charge is -2.26. The number of hydrogen-bond donors (Lipinski definition) is 1. The Kier molecular flexibility index (Phi) is 3.80. The Morgan fingerprint density at radius 2 is 2.10 bits per heavy atom. The van der Waals surface area contributed by atoms with E-state index in [0.717, 1.165) is 11.3 Å². The molecule has 21 heavy (non-hydrogen) atoms. The third-order valence-electron chi connectivity index (χ3n) is 3.44. The smallest absolute Gasteiger partial charge is 0.254 e. The predicted octanol–water partition coefficient (Wildman–Crippen LogP) is 3.73. The summed E-state index contributed by atoms with van der Waals surface area (Å²) in [6.07, 6.45) is 0.644. The van der Waals surface area contributed by atoms with Gasteiger partial charge in [0.2, 0.25) is 0 Å². The van der Waals surface area contributed by atoms with Gasteiger partial charge in [-0.05, 0) is 24.3 Å². The van der Waals surface area contributed by atoms with Crippen molar-refractivity contribution in [2.45, 2.75) is 12.5 Å². The topological polar surface area (TPSA) is 38.3 Å². The maximum absolute atomic E-state index is 13.7. The van der Waals surface area contributed by atoms with E-state index in [9.17, 15) is 9.18 Å². The molecule has 108 valence electrons. The number of fused-ring (bicyclic) bond motifs is 1. The fraction of sp³-hybridized carbons (Fsp3) is 0.188. The second-order valence-corrected chi connectivity index (χ2v) is 5.26. The molecule has 0 saturated heterocycles. The first-order valence-corrected chi connectivity index (χ1v) is 7.00. The highest BCUT2D eigenvalue weighted by Gasteiger charge is 2.24. The van der Waals surface area contributed by atoms with E-state index in [4.69, 9.17) is 16.3 Å². The molecule has 3 nitrogen and oxygen atoms in total. The van der Waals surface area contributed by atoms with Gasteiger partial charge in [0.05, 0.1) is 18.2 Å². The normalized spacial score (nSPS) is 16.8. The van der Waals surface area contributed by atoms with Gasteiger partial charge in [-0.2, -0.15) is 0 Å². The minimum absolute atomic E-state index is 0.0496. The van der Waals surface area contributed by atoms with Gasteiger partial charge in [0, 0.05) is 17.0 Å². The van der Waals surface area contributed by atoms with Crippen LogP contribution in [-0.2, 0) is 0 Å². The molecule has 0 saturated carbocycles. The van der Waals surface area contributed by atoms with Crippen molar-refractivity contribution in [3.8, 4) is 5.75 Å². The summed E-state index contributed by atoms with van der Waals surface area (Å²) in [5.41, 5.74) is 0.853. The van der Waals surface area contributed by atoms with Gasteiger partial charge in [0.25, 0.3) is 5.91 Å². The van der Waals surface area contributed by atoms with Crippen LogP contribution in [0.1, 0.15) is 28.4 Å². The Hall–Kier alpha value is -2.07. The Morgan fingerprint density at radius 1 is 1.29 bits per heavy atom. The van der Waals surface area contributed by atoms with Crippen molar-refractivity contribution in [2.75, 3.05) is 6.61 Å². The highest BCUT2D eigenvalue weighted by Crippen LogP contribution is 2.31. The molecular formula is C16H13ClFNO2. The van der Waals surface area contributed by atoms with Crippen molar-refractivity contribution in [2.24, 2.45) is 0 Å². The number of benzene rings is 2. The number of para-hydroxylation sites is 1. The van der Waals surface area contributed by atoms with Gasteiger partial charge in [0.15, 0.2) is 0 Å². The number of carbonyl (C=O) groups is 1. The Bertz CT molecular complexity index is 690. The van der Waals surface area contributed by atoms with Crippen molar-refractivity contribution in [3.05, 3.63) is 64.4 Å². The molecule has 2 aromatic carbocycles. The molecule has 1 heterocycles. The van der Waals surface area contributed by atoms with Crippen molar-refractivity contribution < 1.29 is 13.9 Å². The quantitative estimate of drug-likeness (QED) is 0.918. The van der Waals surface area contributed by atoms with Crippen molar-refractivity contribution in [1.29, 1.82) is 0 Å². The molecule has 0 radical (unpaired) electrons. The average molecular weight is 306 g/mol. The lowest BCUT2D eigenvalue weighted by molar-refractivity contribution is 0.0920. The van der Waals surface area contributed by atoms with Crippen LogP contribution in [0.5, 0.6) is 5.75 Å². The maximum atomic E-state index is 13.7. The van der Waals surface area contributed by atoms with Crippen LogP contribution in [0.4, 0.5) is 4.39 Å². The third kappa shape index (κ3) is 2.85. The van der Waals surface area contributed by atoms with Gasteiger partial charge in [0.1, 0.15) is 11.6 Å². The first-order valence-electron chi connectivity index (χ1n) is 6.63. The first kappa shape index (κ1) is 13.9. The van der Waals surface area contributed by atoms with Gasteiger partial charge < -0.3 is 10.1 Å². The van der Waals surface area contributed by atoms with Crippen LogP contribution < -0.4 is 10.1 Å². The molecule has 3 rings (SSSR count). The zero-order valence-electron chi connectivity index (χ0n) is 11.1. The molecule has 2 aromatic rings. The number of rotatable bonds is 2. The Balaban J connectivity index is 1.84. The van der Waals surface area contributed by atoms with Gasteiger partial charge in [-0.1, -0.05) is 29.8 Å². The van der Waals surface area contributed by atoms with Gasteiger partial charge in [-0.25, -0.2) is 4.39 Å². The van der Waals surface area contributed by atoms with Crippen LogP contribution in [0.2, 0.25) is 5.02 Å². The number of nitrogens with one attached hydrogen (secondary N) is 1. The Labute approximate surface area is 126 Å². The van der Waals surface area contributed by atoms with E-state index in [1.165, 1.54) is 18.2 Å². The van der Waals surface area contributed by atoms with Crippen LogP contribution >= 0.6 is 11.6 Å². The van der Waals surface area contributed by atoms with E-state index < -0.39 is 11.7 Å². The minimum Gasteiger partial charge on any atom is -0.493 e. The fourth-order valence-electron chi connectivity index (χ4n) is 2.40. The highest BCUT2D eigenvalue weighted by molar-refractivity contribution is 6.31. The summed E-state index contributed by atoms with van der Waals surface area (Å²) < 4.78 is 19.3. The molecule has 1 N–H and O–H groups in total. The van der Waals surface area contributed by atoms with Gasteiger partial charge in [-0.15, -0.1) is 0 Å². The summed E-state index contributed by atoms with van der Waals surface area (Å²) in [5.74, 6) is -0.311. The average Bonchev–Trinajstić information content (AvgIpc) is 2.50. The second-order valence-electron chi connectivity index (χ2n) is 4.83. The second kappa shape index (κ2) is 5.74. The molecule has 5 heteroatoms. The SMILES string of the molecule is O=C(NC1CCOc2ccccc21)c1cc(Cl)ccc1F. The van der Waals surface area contributed by atoms with E-state index in [1.54, 1.807) is 0 Å². The summed E-state index contributed by atoms with van der Waals surface area (Å²) >= 11 is 5.82. The lowest BCUT2D eigenvalue weighted by Crippen LogP contribution is -2.32. The highest BCUT2D eigenvalue weighted by atomic mass is 35.5. The molecule has 0 fully saturated rings. The summed E-state index contributed by atoms with van der Waals surface area (Å²) in [6, 6.07) is 11.2. The number of carbonyl (C=O) groups excluding carboxylic acids is 1. The van der Waals surface area contributed by atoms with Crippen LogP contribution in [0.25, 0.3) is 0 Å². The lowest BCUT2D eigenvalue weighted by atomic mass is 10.00. The number of halogens is 2. The molecule has 0 aromatic heterocycles. The van der Waals surface area contributed by atoms with Crippen molar-refractivity contribution in [3.63, 3.8) is 0 Å². The zero-order chi connectivity index (χ0) is 14.8. The van der Waals surface area contributed by atoms with E-state index in [-0.39, 0.29) is 11.6 Å². The molecular weight excluding hydrogens is 293 g/mol. The van der Waals surface area contributed by atoms with Crippen molar-refractivity contribution >= 4 is 17.5 Å². The van der Waals surface area contributed by atoms with E-state index in [0.29, 0.717) is 18.1 Å². The maximum Gasteiger partial charge on any atom is 0.254 e. The van der Waals surface area contributed by atoms with Crippen LogP contribution in [0, 0.1) is 5.82 Å². The van der Waals surface area contributed by atoms with E-state index >= 15 is 0 Å². The van der Waals surface area contributed by atoms with Gasteiger partial charge >= 0.3 is 0 Å². The van der Waals surface area contributed by atoms with E-state index in [1.807, 2.05) is 24.3 Å². The fourth-order valence-corrected chi connectivity index (χ4v) is 2.57. The largest absolute Gasteiger partial charge is 0.493 e. The van der Waals surface area contributed by atoms with E-state index in [2.05, 4.69) is 5.32 Å². The summed E-state index contributed by atoms with van der Waals surface area (Å²) in [6.45, 7) is 0.514. The number of ether oxygens (including phenoxy) is 1. The molecule has 1 aliphatic heterocycles. The van der Waals surface area contributed by atoms with Crippen LogP contribution in [0.15, 0.2) is 42.5 Å². The molecule has 0 bridgehead atoms. The van der Waals surface area contributed by atoms with Gasteiger partial charge in [-0.3, -0.25) is 4.79 Å². The standard InChI is InChI=1S/C16H13ClFNO2/c17-10-5-6-13(18)12(9-10)16(20)19-14-7-8-21-15-4-2-1-3-11(14)15/h1-6,9,14H,7-8H2,(H,19,20). The number of amides is 1. The number of hydrogen-bond acceptors (Lipinski definition) is 2. The minimum atomic E-state index is -0.586. The molecule has 0 aliphatic carbocycles. The summed E-state index contributed by atoms with van der Waals surface area (Å²) in [4.78, 5) is 12.2. The summed E-state index contributed by atoms with van der Waals surface area (Å²) in [7, 11) is 0. The third-order valence-corrected chi connectivity index (χ3v) is 3.67.